The minimum atomic E-state index is -0.910. The maximum absolute atomic E-state index is 10.8. The van der Waals surface area contributed by atoms with Gasteiger partial charge in [0.05, 0.1) is 28.8 Å². The van der Waals surface area contributed by atoms with Gasteiger partial charge in [-0.05, 0) is 46.3 Å². The summed E-state index contributed by atoms with van der Waals surface area (Å²) in [5, 5.41) is 17.6. The van der Waals surface area contributed by atoms with Crippen LogP contribution in [-0.2, 0) is 0 Å². The highest BCUT2D eigenvalue weighted by molar-refractivity contribution is 9.10. The van der Waals surface area contributed by atoms with E-state index < -0.39 is 11.9 Å². The molecule has 4 rings (SSSR count). The number of carboxylic acids is 2. The lowest BCUT2D eigenvalue weighted by atomic mass is 10.0. The molecule has 2 aromatic carbocycles. The second kappa shape index (κ2) is 7.60. The first kappa shape index (κ1) is 19.2. The summed E-state index contributed by atoms with van der Waals surface area (Å²) in [4.78, 5) is 21.5. The molecule has 27 heavy (non-hydrogen) atoms. The Morgan fingerprint density at radius 3 is 2.19 bits per heavy atom. The third-order valence-corrected chi connectivity index (χ3v) is 5.19. The topological polar surface area (TPSA) is 93.1 Å². The molecule has 0 aromatic heterocycles. The van der Waals surface area contributed by atoms with E-state index in [1.165, 1.54) is 0 Å². The number of halogens is 1. The number of hydrogen-bond donors (Lipinski definition) is 2. The van der Waals surface area contributed by atoms with Gasteiger partial charge >= 0.3 is 11.9 Å². The summed E-state index contributed by atoms with van der Waals surface area (Å²) in [5.41, 5.74) is 2.60. The molecule has 7 heteroatoms. The smallest absolute Gasteiger partial charge is 0.335 e. The maximum atomic E-state index is 10.8. The molecule has 0 saturated heterocycles. The van der Waals surface area contributed by atoms with Gasteiger partial charge in [-0.15, -0.1) is 0 Å². The van der Waals surface area contributed by atoms with Crippen molar-refractivity contribution in [3.63, 3.8) is 0 Å². The molecule has 0 aliphatic carbocycles. The van der Waals surface area contributed by atoms with Crippen LogP contribution in [0.3, 0.4) is 0 Å². The Balaban J connectivity index is 0.000000156. The first-order valence-electron chi connectivity index (χ1n) is 8.47. The normalized spacial score (nSPS) is 19.1. The van der Waals surface area contributed by atoms with Gasteiger partial charge in [-0.25, -0.2) is 9.59 Å². The highest BCUT2D eigenvalue weighted by atomic mass is 79.9. The Morgan fingerprint density at radius 2 is 1.52 bits per heavy atom. The van der Waals surface area contributed by atoms with Crippen molar-refractivity contribution in [1.29, 1.82) is 0 Å². The van der Waals surface area contributed by atoms with Gasteiger partial charge in [-0.2, -0.15) is 0 Å². The monoisotopic (exact) mass is 434 g/mol. The molecule has 2 N–H and O–H groups in total. The first-order chi connectivity index (χ1) is 12.8. The lowest BCUT2D eigenvalue weighted by molar-refractivity contribution is 0.0686. The Labute approximate surface area is 164 Å². The van der Waals surface area contributed by atoms with Crippen LogP contribution in [-0.4, -0.2) is 35.4 Å². The summed E-state index contributed by atoms with van der Waals surface area (Å²) < 4.78 is 11.5. The van der Waals surface area contributed by atoms with Crippen molar-refractivity contribution in [1.82, 2.24) is 0 Å². The highest BCUT2D eigenvalue weighted by Gasteiger charge is 2.24. The van der Waals surface area contributed by atoms with Crippen LogP contribution in [0.25, 0.3) is 0 Å². The van der Waals surface area contributed by atoms with Crippen LogP contribution < -0.4 is 9.47 Å². The van der Waals surface area contributed by atoms with Gasteiger partial charge in [0, 0.05) is 23.0 Å². The largest absolute Gasteiger partial charge is 0.493 e. The standard InChI is InChI=1S/C10H9BrO3.C10H10O3/c1-5-4-14-9-7(5)2-6(10(12)13)3-8(9)11;1-6-5-13-9-3-2-7(10(11)12)4-8(6)9/h2-3,5H,4H2,1H3,(H,12,13);2-4,6H,5H2,1H3,(H,11,12). The molecule has 2 unspecified atom stereocenters. The van der Waals surface area contributed by atoms with Crippen molar-refractivity contribution in [3.05, 3.63) is 57.1 Å². The summed E-state index contributed by atoms with van der Waals surface area (Å²) in [6.07, 6.45) is 0. The van der Waals surface area contributed by atoms with E-state index in [2.05, 4.69) is 15.9 Å². The number of carboxylic acid groups (broad SMARTS) is 2. The van der Waals surface area contributed by atoms with Crippen molar-refractivity contribution in [2.24, 2.45) is 0 Å². The Kier molecular flexibility index (Phi) is 5.41. The number of fused-ring (bicyclic) bond motifs is 2. The van der Waals surface area contributed by atoms with Crippen LogP contribution in [0.2, 0.25) is 0 Å². The van der Waals surface area contributed by atoms with Gasteiger partial charge in [-0.3, -0.25) is 0 Å². The molecule has 0 fully saturated rings. The molecule has 142 valence electrons. The van der Waals surface area contributed by atoms with Crippen LogP contribution in [0.15, 0.2) is 34.8 Å². The van der Waals surface area contributed by atoms with Crippen LogP contribution in [0.1, 0.15) is 57.5 Å². The van der Waals surface area contributed by atoms with E-state index in [1.807, 2.05) is 13.8 Å². The second-order valence-electron chi connectivity index (χ2n) is 6.66. The number of ether oxygens (including phenoxy) is 2. The predicted octanol–water partition coefficient (Wildman–Crippen LogP) is 4.52. The molecule has 2 aliphatic rings. The summed E-state index contributed by atoms with van der Waals surface area (Å²) in [7, 11) is 0. The molecule has 2 aromatic rings. The minimum Gasteiger partial charge on any atom is -0.493 e. The van der Waals surface area contributed by atoms with Crippen molar-refractivity contribution in [2.45, 2.75) is 25.7 Å². The fraction of sp³-hybridized carbons (Fsp3) is 0.300. The Morgan fingerprint density at radius 1 is 0.926 bits per heavy atom. The van der Waals surface area contributed by atoms with Gasteiger partial charge in [-0.1, -0.05) is 13.8 Å². The van der Waals surface area contributed by atoms with Gasteiger partial charge in [0.1, 0.15) is 11.5 Å². The molecule has 6 nitrogen and oxygen atoms in total. The van der Waals surface area contributed by atoms with Crippen LogP contribution in [0, 0.1) is 0 Å². The third kappa shape index (κ3) is 3.93. The SMILES string of the molecule is CC1COc2c(Br)cc(C(=O)O)cc21.CC1COc2ccc(C(=O)O)cc21. The molecule has 2 heterocycles. The average molecular weight is 435 g/mol. The Hall–Kier alpha value is -2.54. The van der Waals surface area contributed by atoms with Gasteiger partial charge < -0.3 is 19.7 Å². The lowest BCUT2D eigenvalue weighted by Gasteiger charge is -2.04. The fourth-order valence-electron chi connectivity index (χ4n) is 3.06. The predicted molar refractivity (Wildman–Crippen MR) is 102 cm³/mol. The molecule has 0 amide bonds. The van der Waals surface area contributed by atoms with Crippen LogP contribution in [0.4, 0.5) is 0 Å². The molecule has 0 bridgehead atoms. The van der Waals surface area contributed by atoms with E-state index in [1.54, 1.807) is 30.3 Å². The highest BCUT2D eigenvalue weighted by Crippen LogP contribution is 2.40. The zero-order valence-electron chi connectivity index (χ0n) is 14.9. The zero-order chi connectivity index (χ0) is 19.7. The lowest BCUT2D eigenvalue weighted by Crippen LogP contribution is -1.98. The maximum Gasteiger partial charge on any atom is 0.335 e. The summed E-state index contributed by atoms with van der Waals surface area (Å²) in [5.74, 6) is 0.365. The molecular weight excluding hydrogens is 416 g/mol. The van der Waals surface area contributed by atoms with Crippen molar-refractivity contribution in [3.8, 4) is 11.5 Å². The van der Waals surface area contributed by atoms with E-state index in [9.17, 15) is 9.59 Å². The van der Waals surface area contributed by atoms with E-state index in [4.69, 9.17) is 19.7 Å². The van der Waals surface area contributed by atoms with Crippen molar-refractivity contribution < 1.29 is 29.3 Å². The first-order valence-corrected chi connectivity index (χ1v) is 9.26. The molecule has 0 spiro atoms. The number of rotatable bonds is 2. The number of aromatic carboxylic acids is 2. The second-order valence-corrected chi connectivity index (χ2v) is 7.52. The van der Waals surface area contributed by atoms with E-state index in [-0.39, 0.29) is 5.92 Å². The summed E-state index contributed by atoms with van der Waals surface area (Å²) in [6, 6.07) is 8.23. The number of hydrogen-bond acceptors (Lipinski definition) is 4. The van der Waals surface area contributed by atoms with Gasteiger partial charge in [0.25, 0.3) is 0 Å². The fourth-order valence-corrected chi connectivity index (χ4v) is 3.65. The van der Waals surface area contributed by atoms with E-state index in [0.29, 0.717) is 30.3 Å². The van der Waals surface area contributed by atoms with E-state index >= 15 is 0 Å². The molecule has 2 aliphatic heterocycles. The number of carbonyl (C=O) groups is 2. The van der Waals surface area contributed by atoms with Crippen LogP contribution in [0.5, 0.6) is 11.5 Å². The summed E-state index contributed by atoms with van der Waals surface area (Å²) in [6.45, 7) is 5.32. The third-order valence-electron chi connectivity index (χ3n) is 4.60. The van der Waals surface area contributed by atoms with E-state index in [0.717, 1.165) is 27.1 Å². The molecular formula is C20H19BrO6. The molecule has 2 atom stereocenters. The van der Waals surface area contributed by atoms with Gasteiger partial charge in [0.2, 0.25) is 0 Å². The van der Waals surface area contributed by atoms with Gasteiger partial charge in [0.15, 0.2) is 0 Å². The zero-order valence-corrected chi connectivity index (χ0v) is 16.4. The Bertz CT molecular complexity index is 908. The van der Waals surface area contributed by atoms with Crippen LogP contribution >= 0.6 is 15.9 Å². The number of benzene rings is 2. The molecule has 0 radical (unpaired) electrons. The summed E-state index contributed by atoms with van der Waals surface area (Å²) >= 11 is 3.31. The minimum absolute atomic E-state index is 0.264. The average Bonchev–Trinajstić information content (AvgIpc) is 3.19. The quantitative estimate of drug-likeness (QED) is 0.721. The van der Waals surface area contributed by atoms with Crippen molar-refractivity contribution >= 4 is 27.9 Å². The molecule has 0 saturated carbocycles. The van der Waals surface area contributed by atoms with Crippen molar-refractivity contribution in [2.75, 3.05) is 13.2 Å².